The zero-order valence-corrected chi connectivity index (χ0v) is 39.2. The molecule has 60 heavy (non-hydrogen) atoms. The molecule has 12 heteroatoms. The van der Waals surface area contributed by atoms with Crippen LogP contribution in [-0.2, 0) is 37.5 Å². The lowest BCUT2D eigenvalue weighted by Crippen LogP contribution is -2.34. The summed E-state index contributed by atoms with van der Waals surface area (Å²) in [7, 11) is -4.73. The number of aliphatic carboxylic acids is 1. The number of hydrogen-bond donors (Lipinski definition) is 3. The highest BCUT2D eigenvalue weighted by molar-refractivity contribution is 7.47. The lowest BCUT2D eigenvalue weighted by molar-refractivity contribution is -0.161. The van der Waals surface area contributed by atoms with Crippen molar-refractivity contribution < 1.29 is 47.5 Å². The third kappa shape index (κ3) is 42.6. The Bertz CT molecular complexity index is 1120. The van der Waals surface area contributed by atoms with Gasteiger partial charge in [0, 0.05) is 12.8 Å². The van der Waals surface area contributed by atoms with Gasteiger partial charge in [-0.25, -0.2) is 4.57 Å². The van der Waals surface area contributed by atoms with Gasteiger partial charge in [-0.2, -0.15) is 0 Å². The van der Waals surface area contributed by atoms with Crippen molar-refractivity contribution in [2.45, 2.75) is 244 Å². The Balaban J connectivity index is 4.26. The Hall–Kier alpha value is -2.04. The molecule has 4 N–H and O–H groups in total. The molecule has 0 aromatic heterocycles. The average molecular weight is 872 g/mol. The fourth-order valence-corrected chi connectivity index (χ4v) is 7.61. The predicted molar refractivity (Wildman–Crippen MR) is 245 cm³/mol. The first kappa shape index (κ1) is 58.0. The predicted octanol–water partition coefficient (Wildman–Crippen LogP) is 13.4. The normalized spacial score (nSPS) is 13.8. The summed E-state index contributed by atoms with van der Waals surface area (Å²) in [5.41, 5.74) is 5.34. The highest BCUT2D eigenvalue weighted by Crippen LogP contribution is 2.43. The van der Waals surface area contributed by atoms with Crippen LogP contribution in [0.25, 0.3) is 0 Å². The number of esters is 2. The van der Waals surface area contributed by atoms with Crippen LogP contribution < -0.4 is 5.73 Å². The van der Waals surface area contributed by atoms with Crippen LogP contribution in [0.3, 0.4) is 0 Å². The number of allylic oxidation sites excluding steroid dienone is 4. The molecule has 352 valence electrons. The maximum absolute atomic E-state index is 12.6. The molecule has 11 nitrogen and oxygen atoms in total. The smallest absolute Gasteiger partial charge is 0.472 e. The number of unbranched alkanes of at least 4 members (excludes halogenated alkanes) is 28. The second-order valence-electron chi connectivity index (χ2n) is 16.6. The van der Waals surface area contributed by atoms with Gasteiger partial charge in [-0.15, -0.1) is 0 Å². The molecule has 0 radical (unpaired) electrons. The third-order valence-corrected chi connectivity index (χ3v) is 11.6. The molecule has 0 saturated carbocycles. The minimum absolute atomic E-state index is 0.113. The topological polar surface area (TPSA) is 172 Å². The molecule has 0 aliphatic rings. The van der Waals surface area contributed by atoms with E-state index in [0.717, 1.165) is 38.5 Å². The summed E-state index contributed by atoms with van der Waals surface area (Å²) in [6.07, 6.45) is 46.9. The molecule has 3 atom stereocenters. The first-order valence-corrected chi connectivity index (χ1v) is 25.9. The number of phosphoric acid groups is 1. The summed E-state index contributed by atoms with van der Waals surface area (Å²) in [5, 5.41) is 8.90. The van der Waals surface area contributed by atoms with Crippen molar-refractivity contribution in [1.82, 2.24) is 0 Å². The Morgan fingerprint density at radius 1 is 0.500 bits per heavy atom. The largest absolute Gasteiger partial charge is 0.480 e. The van der Waals surface area contributed by atoms with Gasteiger partial charge in [-0.3, -0.25) is 23.4 Å². The Labute approximate surface area is 366 Å². The summed E-state index contributed by atoms with van der Waals surface area (Å²) in [6, 6.07) is -1.53. The van der Waals surface area contributed by atoms with Crippen LogP contribution in [0.5, 0.6) is 0 Å². The maximum atomic E-state index is 12.6. The molecule has 0 amide bonds. The van der Waals surface area contributed by atoms with Gasteiger partial charge in [-0.1, -0.05) is 186 Å². The van der Waals surface area contributed by atoms with Crippen LogP contribution in [0.2, 0.25) is 0 Å². The average Bonchev–Trinajstić information content (AvgIpc) is 3.22. The number of phosphoric ester groups is 1. The summed E-state index contributed by atoms with van der Waals surface area (Å²) in [5.74, 6) is -2.43. The van der Waals surface area contributed by atoms with E-state index in [2.05, 4.69) is 42.7 Å². The number of carbonyl (C=O) groups excluding carboxylic acids is 2. The zero-order valence-electron chi connectivity index (χ0n) is 38.3. The minimum Gasteiger partial charge on any atom is -0.480 e. The monoisotopic (exact) mass is 872 g/mol. The van der Waals surface area contributed by atoms with Crippen LogP contribution >= 0.6 is 7.82 Å². The standard InChI is InChI=1S/C48H90NO10P/c1-3-5-7-9-11-13-15-17-18-19-20-21-22-23-24-25-26-28-30-32-34-36-38-40-47(51)59-44(42-57-60(54,55)58-43-45(49)48(52)53)41-56-46(50)39-37-35-33-31-29-27-16-14-12-10-8-6-4-2/h27,29,32,34,44-45H,3-26,28,30-31,33,35-43,49H2,1-2H3,(H,52,53)(H,54,55)/b29-27+,34-32+/t44-,45-/m0/s1. The van der Waals surface area contributed by atoms with Crippen molar-refractivity contribution in [2.75, 3.05) is 19.8 Å². The Morgan fingerprint density at radius 2 is 0.850 bits per heavy atom. The molecule has 0 aliphatic carbocycles. The van der Waals surface area contributed by atoms with Crippen LogP contribution in [-0.4, -0.2) is 59.9 Å². The fourth-order valence-electron chi connectivity index (χ4n) is 6.83. The van der Waals surface area contributed by atoms with E-state index in [0.29, 0.717) is 19.3 Å². The van der Waals surface area contributed by atoms with Gasteiger partial charge in [-0.05, 0) is 57.8 Å². The molecule has 1 unspecified atom stereocenters. The van der Waals surface area contributed by atoms with E-state index in [1.54, 1.807) is 0 Å². The lowest BCUT2D eigenvalue weighted by Gasteiger charge is -2.20. The summed E-state index contributed by atoms with van der Waals surface area (Å²) in [6.45, 7) is 2.78. The van der Waals surface area contributed by atoms with Crippen molar-refractivity contribution in [3.63, 3.8) is 0 Å². The third-order valence-electron chi connectivity index (χ3n) is 10.7. The summed E-state index contributed by atoms with van der Waals surface area (Å²) >= 11 is 0. The lowest BCUT2D eigenvalue weighted by atomic mass is 10.0. The highest BCUT2D eigenvalue weighted by Gasteiger charge is 2.28. The second kappa shape index (κ2) is 43.6. The first-order chi connectivity index (χ1) is 29.1. The number of carboxylic acid groups (broad SMARTS) is 1. The fraction of sp³-hybridized carbons (Fsp3) is 0.854. The van der Waals surface area contributed by atoms with E-state index in [4.69, 9.17) is 24.8 Å². The van der Waals surface area contributed by atoms with Crippen LogP contribution in [0, 0.1) is 0 Å². The van der Waals surface area contributed by atoms with Gasteiger partial charge in [0.15, 0.2) is 6.10 Å². The van der Waals surface area contributed by atoms with Crippen molar-refractivity contribution in [3.8, 4) is 0 Å². The van der Waals surface area contributed by atoms with E-state index >= 15 is 0 Å². The van der Waals surface area contributed by atoms with Crippen LogP contribution in [0.15, 0.2) is 24.3 Å². The van der Waals surface area contributed by atoms with Crippen molar-refractivity contribution in [2.24, 2.45) is 5.73 Å². The number of carbonyl (C=O) groups is 3. The second-order valence-corrected chi connectivity index (χ2v) is 18.0. The quantitative estimate of drug-likeness (QED) is 0.0230. The molecule has 0 saturated heterocycles. The zero-order chi connectivity index (χ0) is 44.2. The van der Waals surface area contributed by atoms with E-state index in [1.807, 2.05) is 0 Å². The number of nitrogens with two attached hydrogens (primary N) is 1. The van der Waals surface area contributed by atoms with Crippen LogP contribution in [0.1, 0.15) is 232 Å². The number of hydrogen-bond acceptors (Lipinski definition) is 9. The van der Waals surface area contributed by atoms with Gasteiger partial charge in [0.1, 0.15) is 12.6 Å². The number of ether oxygens (including phenoxy) is 2. The molecule has 0 aliphatic heterocycles. The van der Waals surface area contributed by atoms with Gasteiger partial charge in [0.25, 0.3) is 0 Å². The number of carboxylic acids is 1. The maximum Gasteiger partial charge on any atom is 0.472 e. The molecule has 0 aromatic rings. The molecule has 0 spiro atoms. The summed E-state index contributed by atoms with van der Waals surface area (Å²) in [4.78, 5) is 46.0. The molecular formula is C48H90NO10P. The first-order valence-electron chi connectivity index (χ1n) is 24.4. The molecule has 0 aromatic carbocycles. The van der Waals surface area contributed by atoms with E-state index in [-0.39, 0.29) is 19.4 Å². The van der Waals surface area contributed by atoms with Gasteiger partial charge >= 0.3 is 25.7 Å². The SMILES string of the molecule is CCCCCCCC/C=C/CCCCCC(=O)OC[C@@H](COP(=O)(O)OC[C@H](N)C(=O)O)OC(=O)CCC/C=C/CCCCCCCCCCCCCCCCCCCC. The van der Waals surface area contributed by atoms with E-state index < -0.39 is 51.1 Å². The number of rotatable bonds is 46. The Kier molecular flexibility index (Phi) is 42.1. The van der Waals surface area contributed by atoms with Gasteiger partial charge < -0.3 is 25.2 Å². The van der Waals surface area contributed by atoms with Crippen molar-refractivity contribution in [3.05, 3.63) is 24.3 Å². The van der Waals surface area contributed by atoms with Crippen molar-refractivity contribution >= 4 is 25.7 Å². The van der Waals surface area contributed by atoms with Crippen LogP contribution in [0.4, 0.5) is 0 Å². The summed E-state index contributed by atoms with van der Waals surface area (Å²) < 4.78 is 32.7. The molecular weight excluding hydrogens is 781 g/mol. The molecule has 0 rings (SSSR count). The Morgan fingerprint density at radius 3 is 1.27 bits per heavy atom. The van der Waals surface area contributed by atoms with Gasteiger partial charge in [0.2, 0.25) is 0 Å². The minimum atomic E-state index is -4.73. The van der Waals surface area contributed by atoms with Crippen molar-refractivity contribution in [1.29, 1.82) is 0 Å². The molecule has 0 fully saturated rings. The van der Waals surface area contributed by atoms with E-state index in [9.17, 15) is 23.8 Å². The van der Waals surface area contributed by atoms with E-state index in [1.165, 1.54) is 148 Å². The molecule has 0 heterocycles. The molecule has 0 bridgehead atoms. The van der Waals surface area contributed by atoms with Gasteiger partial charge in [0.05, 0.1) is 13.2 Å². The highest BCUT2D eigenvalue weighted by atomic mass is 31.2.